The van der Waals surface area contributed by atoms with Gasteiger partial charge in [0.1, 0.15) is 6.10 Å². The lowest BCUT2D eigenvalue weighted by Gasteiger charge is -2.17. The van der Waals surface area contributed by atoms with Gasteiger partial charge >= 0.3 is 12.1 Å². The highest BCUT2D eigenvalue weighted by Crippen LogP contribution is 2.29. The van der Waals surface area contributed by atoms with Crippen LogP contribution >= 0.6 is 0 Å². The molecule has 0 fully saturated rings. The van der Waals surface area contributed by atoms with Crippen LogP contribution in [0.2, 0.25) is 0 Å². The summed E-state index contributed by atoms with van der Waals surface area (Å²) in [7, 11) is 0. The summed E-state index contributed by atoms with van der Waals surface area (Å²) in [5, 5.41) is 0. The number of carbonyl (C=O) groups is 1. The summed E-state index contributed by atoms with van der Waals surface area (Å²) in [4.78, 5) is 12.2. The van der Waals surface area contributed by atoms with Crippen molar-refractivity contribution in [1.29, 1.82) is 0 Å². The summed E-state index contributed by atoms with van der Waals surface area (Å²) in [5.41, 5.74) is -0.594. The topological polar surface area (TPSA) is 26.3 Å². The summed E-state index contributed by atoms with van der Waals surface area (Å²) >= 11 is 0. The van der Waals surface area contributed by atoms with E-state index in [0.717, 1.165) is 44.2 Å². The molecule has 27 heavy (non-hydrogen) atoms. The molecule has 0 aliphatic heterocycles. The van der Waals surface area contributed by atoms with Gasteiger partial charge in [-0.05, 0) is 43.5 Å². The van der Waals surface area contributed by atoms with Crippen molar-refractivity contribution in [3.8, 4) is 0 Å². The highest BCUT2D eigenvalue weighted by atomic mass is 19.4. The molecule has 0 bridgehead atoms. The molecule has 1 rings (SSSR count). The van der Waals surface area contributed by atoms with Gasteiger partial charge in [0.2, 0.25) is 0 Å². The zero-order valence-corrected chi connectivity index (χ0v) is 16.6. The third-order valence-electron chi connectivity index (χ3n) is 4.71. The summed E-state index contributed by atoms with van der Waals surface area (Å²) in [6.45, 7) is 4.24. The van der Waals surface area contributed by atoms with Crippen molar-refractivity contribution in [1.82, 2.24) is 0 Å². The Bertz CT molecular complexity index is 523. The standard InChI is InChI=1S/C22H33F3O2/c1-3-5-6-7-8-9-10-11-13-20(12-4-2)27-21(26)18-14-16-19(17-15-18)22(23,24)25/h14-17,20H,3-13H2,1-2H3. The summed E-state index contributed by atoms with van der Waals surface area (Å²) in [5.74, 6) is -0.540. The molecule has 0 heterocycles. The Labute approximate surface area is 161 Å². The van der Waals surface area contributed by atoms with Crippen molar-refractivity contribution in [2.24, 2.45) is 0 Å². The van der Waals surface area contributed by atoms with Crippen molar-refractivity contribution in [3.05, 3.63) is 35.4 Å². The molecule has 0 N–H and O–H groups in total. The second kappa shape index (κ2) is 12.8. The van der Waals surface area contributed by atoms with E-state index < -0.39 is 17.7 Å². The monoisotopic (exact) mass is 386 g/mol. The Kier molecular flexibility index (Phi) is 11.1. The van der Waals surface area contributed by atoms with Gasteiger partial charge in [0, 0.05) is 0 Å². The number of hydrogen-bond acceptors (Lipinski definition) is 2. The average Bonchev–Trinajstić information content (AvgIpc) is 2.63. The van der Waals surface area contributed by atoms with Crippen molar-refractivity contribution in [2.45, 2.75) is 96.8 Å². The van der Waals surface area contributed by atoms with Crippen LogP contribution < -0.4 is 0 Å². The third kappa shape index (κ3) is 9.83. The maximum atomic E-state index is 12.6. The van der Waals surface area contributed by atoms with Gasteiger partial charge in [0.05, 0.1) is 11.1 Å². The van der Waals surface area contributed by atoms with Gasteiger partial charge < -0.3 is 4.74 Å². The number of hydrogen-bond donors (Lipinski definition) is 0. The Hall–Kier alpha value is -1.52. The number of benzene rings is 1. The fourth-order valence-corrected chi connectivity index (χ4v) is 3.10. The van der Waals surface area contributed by atoms with Crippen LogP contribution in [0.1, 0.15) is 100 Å². The van der Waals surface area contributed by atoms with Crippen LogP contribution in [0.25, 0.3) is 0 Å². The van der Waals surface area contributed by atoms with E-state index in [1.54, 1.807) is 0 Å². The van der Waals surface area contributed by atoms with Gasteiger partial charge in [0.25, 0.3) is 0 Å². The van der Waals surface area contributed by atoms with Crippen LogP contribution in [-0.2, 0) is 10.9 Å². The second-order valence-electron chi connectivity index (χ2n) is 7.15. The lowest BCUT2D eigenvalue weighted by molar-refractivity contribution is -0.137. The van der Waals surface area contributed by atoms with Crippen LogP contribution in [0, 0.1) is 0 Å². The number of carbonyl (C=O) groups excluding carboxylic acids is 1. The lowest BCUT2D eigenvalue weighted by Crippen LogP contribution is -2.18. The van der Waals surface area contributed by atoms with Gasteiger partial charge in [-0.3, -0.25) is 0 Å². The minimum atomic E-state index is -4.40. The molecule has 5 heteroatoms. The van der Waals surface area contributed by atoms with Gasteiger partial charge in [-0.1, -0.05) is 65.2 Å². The Morgan fingerprint density at radius 1 is 0.852 bits per heavy atom. The quantitative estimate of drug-likeness (QED) is 0.258. The molecule has 1 unspecified atom stereocenters. The van der Waals surface area contributed by atoms with Gasteiger partial charge in [-0.2, -0.15) is 13.2 Å². The molecule has 1 aromatic rings. The van der Waals surface area contributed by atoms with Crippen LogP contribution in [-0.4, -0.2) is 12.1 Å². The Morgan fingerprint density at radius 2 is 1.41 bits per heavy atom. The first kappa shape index (κ1) is 23.5. The highest BCUT2D eigenvalue weighted by molar-refractivity contribution is 5.89. The second-order valence-corrected chi connectivity index (χ2v) is 7.15. The predicted molar refractivity (Wildman–Crippen MR) is 103 cm³/mol. The zero-order valence-electron chi connectivity index (χ0n) is 16.6. The van der Waals surface area contributed by atoms with E-state index in [9.17, 15) is 18.0 Å². The fourth-order valence-electron chi connectivity index (χ4n) is 3.10. The first-order valence-corrected chi connectivity index (χ1v) is 10.3. The minimum Gasteiger partial charge on any atom is -0.459 e. The van der Waals surface area contributed by atoms with Crippen LogP contribution in [0.3, 0.4) is 0 Å². The van der Waals surface area contributed by atoms with Gasteiger partial charge in [0.15, 0.2) is 0 Å². The highest BCUT2D eigenvalue weighted by Gasteiger charge is 2.30. The minimum absolute atomic E-state index is 0.162. The number of halogens is 3. The molecular formula is C22H33F3O2. The Balaban J connectivity index is 2.39. The van der Waals surface area contributed by atoms with E-state index in [1.165, 1.54) is 50.7 Å². The summed E-state index contributed by atoms with van der Waals surface area (Å²) in [6.07, 6.45) is 7.69. The molecule has 0 aliphatic carbocycles. The normalized spacial score (nSPS) is 12.8. The van der Waals surface area contributed by atoms with E-state index in [4.69, 9.17) is 4.74 Å². The number of ether oxygens (including phenoxy) is 1. The number of esters is 1. The summed E-state index contributed by atoms with van der Waals surface area (Å²) in [6, 6.07) is 4.21. The summed E-state index contributed by atoms with van der Waals surface area (Å²) < 4.78 is 43.4. The molecule has 0 saturated heterocycles. The van der Waals surface area contributed by atoms with Crippen LogP contribution in [0.15, 0.2) is 24.3 Å². The van der Waals surface area contributed by atoms with E-state index in [0.29, 0.717) is 0 Å². The van der Waals surface area contributed by atoms with Crippen molar-refractivity contribution >= 4 is 5.97 Å². The van der Waals surface area contributed by atoms with Crippen molar-refractivity contribution in [2.75, 3.05) is 0 Å². The largest absolute Gasteiger partial charge is 0.459 e. The molecule has 154 valence electrons. The van der Waals surface area contributed by atoms with Crippen LogP contribution in [0.5, 0.6) is 0 Å². The van der Waals surface area contributed by atoms with Gasteiger partial charge in [-0.25, -0.2) is 4.79 Å². The molecule has 0 radical (unpaired) electrons. The van der Waals surface area contributed by atoms with Crippen molar-refractivity contribution in [3.63, 3.8) is 0 Å². The third-order valence-corrected chi connectivity index (χ3v) is 4.71. The SMILES string of the molecule is CCCCCCCCCCC(CCC)OC(=O)c1ccc(C(F)(F)F)cc1. The van der Waals surface area contributed by atoms with E-state index in [2.05, 4.69) is 6.92 Å². The first-order chi connectivity index (χ1) is 12.9. The maximum Gasteiger partial charge on any atom is 0.416 e. The van der Waals surface area contributed by atoms with Gasteiger partial charge in [-0.15, -0.1) is 0 Å². The molecule has 0 saturated carbocycles. The maximum absolute atomic E-state index is 12.6. The van der Waals surface area contributed by atoms with Crippen LogP contribution in [0.4, 0.5) is 13.2 Å². The molecule has 2 nitrogen and oxygen atoms in total. The fraction of sp³-hybridized carbons (Fsp3) is 0.682. The predicted octanol–water partition coefficient (Wildman–Crippen LogP) is 7.56. The number of unbranched alkanes of at least 4 members (excludes halogenated alkanes) is 7. The molecule has 0 aromatic heterocycles. The average molecular weight is 386 g/mol. The smallest absolute Gasteiger partial charge is 0.416 e. The molecule has 0 spiro atoms. The van der Waals surface area contributed by atoms with Crippen molar-refractivity contribution < 1.29 is 22.7 Å². The Morgan fingerprint density at radius 3 is 1.93 bits per heavy atom. The van der Waals surface area contributed by atoms with E-state index in [-0.39, 0.29) is 11.7 Å². The number of rotatable bonds is 13. The molecule has 1 atom stereocenters. The molecular weight excluding hydrogens is 353 g/mol. The lowest BCUT2D eigenvalue weighted by atomic mass is 10.0. The van der Waals surface area contributed by atoms with E-state index >= 15 is 0 Å². The molecule has 0 amide bonds. The molecule has 1 aromatic carbocycles. The number of alkyl halides is 3. The molecule has 0 aliphatic rings. The zero-order chi connectivity index (χ0) is 20.1. The first-order valence-electron chi connectivity index (χ1n) is 10.3. The van der Waals surface area contributed by atoms with E-state index in [1.807, 2.05) is 6.92 Å².